The SMILES string of the molecule is COc1ccc(CNCC(O)C2CC2)cc1C(N)=NO. The first-order valence-corrected chi connectivity index (χ1v) is 6.69. The predicted molar refractivity (Wildman–Crippen MR) is 75.9 cm³/mol. The molecule has 1 saturated carbocycles. The maximum Gasteiger partial charge on any atom is 0.173 e. The fourth-order valence-electron chi connectivity index (χ4n) is 2.13. The molecular weight excluding hydrogens is 258 g/mol. The largest absolute Gasteiger partial charge is 0.496 e. The molecule has 0 aliphatic heterocycles. The van der Waals surface area contributed by atoms with Crippen molar-refractivity contribution < 1.29 is 15.1 Å². The van der Waals surface area contributed by atoms with Crippen molar-refractivity contribution in [3.8, 4) is 5.75 Å². The summed E-state index contributed by atoms with van der Waals surface area (Å²) in [5.41, 5.74) is 7.16. The Morgan fingerprint density at radius 3 is 2.90 bits per heavy atom. The Morgan fingerprint density at radius 2 is 2.30 bits per heavy atom. The number of hydrogen-bond donors (Lipinski definition) is 4. The summed E-state index contributed by atoms with van der Waals surface area (Å²) in [7, 11) is 1.54. The van der Waals surface area contributed by atoms with Crippen LogP contribution >= 0.6 is 0 Å². The van der Waals surface area contributed by atoms with Gasteiger partial charge in [0.1, 0.15) is 5.75 Å². The highest BCUT2D eigenvalue weighted by Crippen LogP contribution is 2.32. The van der Waals surface area contributed by atoms with Gasteiger partial charge in [0.25, 0.3) is 0 Å². The number of nitrogens with zero attached hydrogens (tertiary/aromatic N) is 1. The van der Waals surface area contributed by atoms with E-state index in [-0.39, 0.29) is 11.9 Å². The molecule has 20 heavy (non-hydrogen) atoms. The van der Waals surface area contributed by atoms with Crippen molar-refractivity contribution in [1.82, 2.24) is 5.32 Å². The predicted octanol–water partition coefficient (Wildman–Crippen LogP) is 0.650. The maximum atomic E-state index is 9.78. The van der Waals surface area contributed by atoms with Crippen molar-refractivity contribution in [2.45, 2.75) is 25.5 Å². The molecular formula is C14H21N3O3. The van der Waals surface area contributed by atoms with Gasteiger partial charge in [-0.1, -0.05) is 11.2 Å². The zero-order valence-corrected chi connectivity index (χ0v) is 11.5. The van der Waals surface area contributed by atoms with E-state index in [0.717, 1.165) is 18.4 Å². The van der Waals surface area contributed by atoms with Crippen LogP contribution in [0.25, 0.3) is 0 Å². The number of amidine groups is 1. The van der Waals surface area contributed by atoms with E-state index < -0.39 is 0 Å². The third-order valence-electron chi connectivity index (χ3n) is 3.50. The van der Waals surface area contributed by atoms with E-state index in [9.17, 15) is 5.11 Å². The summed E-state index contributed by atoms with van der Waals surface area (Å²) in [5, 5.41) is 24.8. The highest BCUT2D eigenvalue weighted by atomic mass is 16.5. The number of aliphatic hydroxyl groups is 1. The van der Waals surface area contributed by atoms with Crippen molar-refractivity contribution >= 4 is 5.84 Å². The minimum atomic E-state index is -0.267. The van der Waals surface area contributed by atoms with Gasteiger partial charge < -0.3 is 26.1 Å². The van der Waals surface area contributed by atoms with E-state index in [1.165, 1.54) is 7.11 Å². The van der Waals surface area contributed by atoms with Crippen LogP contribution in [-0.2, 0) is 6.54 Å². The molecule has 6 nitrogen and oxygen atoms in total. The van der Waals surface area contributed by atoms with Gasteiger partial charge in [0, 0.05) is 13.1 Å². The van der Waals surface area contributed by atoms with Crippen LogP contribution in [0, 0.1) is 5.92 Å². The molecule has 1 fully saturated rings. The molecule has 0 saturated heterocycles. The molecule has 1 atom stereocenters. The first-order chi connectivity index (χ1) is 9.65. The molecule has 110 valence electrons. The second kappa shape index (κ2) is 6.58. The van der Waals surface area contributed by atoms with Gasteiger partial charge in [0.05, 0.1) is 18.8 Å². The lowest BCUT2D eigenvalue weighted by Gasteiger charge is -2.12. The number of oxime groups is 1. The number of nitrogens with two attached hydrogens (primary N) is 1. The summed E-state index contributed by atoms with van der Waals surface area (Å²) in [6, 6.07) is 5.50. The van der Waals surface area contributed by atoms with Crippen LogP contribution in [0.2, 0.25) is 0 Å². The Balaban J connectivity index is 1.97. The van der Waals surface area contributed by atoms with Crippen LogP contribution in [0.5, 0.6) is 5.75 Å². The first-order valence-electron chi connectivity index (χ1n) is 6.69. The van der Waals surface area contributed by atoms with E-state index in [2.05, 4.69) is 10.5 Å². The molecule has 1 aromatic rings. The van der Waals surface area contributed by atoms with E-state index in [4.69, 9.17) is 15.7 Å². The lowest BCUT2D eigenvalue weighted by atomic mass is 10.1. The minimum absolute atomic E-state index is 0.0155. The van der Waals surface area contributed by atoms with Gasteiger partial charge in [-0.25, -0.2) is 0 Å². The molecule has 6 heteroatoms. The van der Waals surface area contributed by atoms with Crippen LogP contribution < -0.4 is 15.8 Å². The summed E-state index contributed by atoms with van der Waals surface area (Å²) in [4.78, 5) is 0. The molecule has 1 aliphatic carbocycles. The fraction of sp³-hybridized carbons (Fsp3) is 0.500. The lowest BCUT2D eigenvalue weighted by molar-refractivity contribution is 0.148. The first kappa shape index (κ1) is 14.6. The molecule has 0 aromatic heterocycles. The smallest absolute Gasteiger partial charge is 0.173 e. The molecule has 2 rings (SSSR count). The van der Waals surface area contributed by atoms with Crippen LogP contribution in [0.4, 0.5) is 0 Å². The molecule has 0 radical (unpaired) electrons. The average Bonchev–Trinajstić information content (AvgIpc) is 3.30. The van der Waals surface area contributed by atoms with Crippen molar-refractivity contribution in [2.24, 2.45) is 16.8 Å². The lowest BCUT2D eigenvalue weighted by Crippen LogP contribution is -2.28. The number of ether oxygens (including phenoxy) is 1. The van der Waals surface area contributed by atoms with Crippen molar-refractivity contribution in [3.05, 3.63) is 29.3 Å². The average molecular weight is 279 g/mol. The summed E-state index contributed by atoms with van der Waals surface area (Å²) in [5.74, 6) is 1.04. The van der Waals surface area contributed by atoms with E-state index in [1.54, 1.807) is 6.07 Å². The maximum absolute atomic E-state index is 9.78. The molecule has 0 heterocycles. The highest BCUT2D eigenvalue weighted by Gasteiger charge is 2.29. The van der Waals surface area contributed by atoms with Crippen molar-refractivity contribution in [2.75, 3.05) is 13.7 Å². The number of hydrogen-bond acceptors (Lipinski definition) is 5. The summed E-state index contributed by atoms with van der Waals surface area (Å²) < 4.78 is 5.17. The number of rotatable bonds is 7. The van der Waals surface area contributed by atoms with E-state index >= 15 is 0 Å². The molecule has 1 aliphatic rings. The second-order valence-electron chi connectivity index (χ2n) is 5.06. The molecule has 0 amide bonds. The van der Waals surface area contributed by atoms with Gasteiger partial charge >= 0.3 is 0 Å². The van der Waals surface area contributed by atoms with E-state index in [1.807, 2.05) is 12.1 Å². The van der Waals surface area contributed by atoms with Crippen LogP contribution in [0.1, 0.15) is 24.0 Å². The molecule has 0 spiro atoms. The Kier molecular flexibility index (Phi) is 4.81. The third kappa shape index (κ3) is 3.61. The standard InChI is InChI=1S/C14H21N3O3/c1-20-13-5-2-9(6-11(13)14(15)17-19)7-16-8-12(18)10-3-4-10/h2,5-6,10,12,16,18-19H,3-4,7-8H2,1H3,(H2,15,17). The Hall–Kier alpha value is -1.79. The Bertz CT molecular complexity index is 487. The monoisotopic (exact) mass is 279 g/mol. The number of methoxy groups -OCH3 is 1. The summed E-state index contributed by atoms with van der Waals surface area (Å²) in [6.45, 7) is 1.19. The molecule has 1 aromatic carbocycles. The van der Waals surface area contributed by atoms with E-state index in [0.29, 0.717) is 30.3 Å². The van der Waals surface area contributed by atoms with Gasteiger partial charge in [0.15, 0.2) is 5.84 Å². The minimum Gasteiger partial charge on any atom is -0.496 e. The zero-order chi connectivity index (χ0) is 14.5. The van der Waals surface area contributed by atoms with Crippen LogP contribution in [0.15, 0.2) is 23.4 Å². The van der Waals surface area contributed by atoms with Gasteiger partial charge in [0.2, 0.25) is 0 Å². The Morgan fingerprint density at radius 1 is 1.55 bits per heavy atom. The quantitative estimate of drug-likeness (QED) is 0.254. The van der Waals surface area contributed by atoms with Crippen LogP contribution in [0.3, 0.4) is 0 Å². The van der Waals surface area contributed by atoms with Gasteiger partial charge in [-0.2, -0.15) is 0 Å². The van der Waals surface area contributed by atoms with Crippen molar-refractivity contribution in [3.63, 3.8) is 0 Å². The topological polar surface area (TPSA) is 100 Å². The Labute approximate surface area is 118 Å². The van der Waals surface area contributed by atoms with Gasteiger partial charge in [-0.3, -0.25) is 0 Å². The molecule has 0 bridgehead atoms. The summed E-state index contributed by atoms with van der Waals surface area (Å²) >= 11 is 0. The van der Waals surface area contributed by atoms with Crippen molar-refractivity contribution in [1.29, 1.82) is 0 Å². The third-order valence-corrected chi connectivity index (χ3v) is 3.50. The number of benzene rings is 1. The number of aliphatic hydroxyl groups excluding tert-OH is 1. The number of nitrogens with one attached hydrogen (secondary N) is 1. The fourth-order valence-corrected chi connectivity index (χ4v) is 2.13. The van der Waals surface area contributed by atoms with Gasteiger partial charge in [-0.15, -0.1) is 0 Å². The second-order valence-corrected chi connectivity index (χ2v) is 5.06. The van der Waals surface area contributed by atoms with Crippen LogP contribution in [-0.4, -0.2) is 35.9 Å². The zero-order valence-electron chi connectivity index (χ0n) is 11.5. The summed E-state index contributed by atoms with van der Waals surface area (Å²) in [6.07, 6.45) is 1.98. The van der Waals surface area contributed by atoms with Gasteiger partial charge in [-0.05, 0) is 36.5 Å². The molecule has 1 unspecified atom stereocenters. The normalized spacial score (nSPS) is 17.0. The highest BCUT2D eigenvalue weighted by molar-refractivity contribution is 5.99. The molecule has 5 N–H and O–H groups in total.